The van der Waals surface area contributed by atoms with Gasteiger partial charge in [0, 0.05) is 45.5 Å². The molecule has 0 saturated carbocycles. The van der Waals surface area contributed by atoms with Gasteiger partial charge in [0.25, 0.3) is 5.91 Å². The fourth-order valence-corrected chi connectivity index (χ4v) is 3.61. The van der Waals surface area contributed by atoms with Crippen LogP contribution in [0.15, 0.2) is 41.6 Å². The fraction of sp³-hybridized carbons (Fsp3) is 0.500. The predicted octanol–water partition coefficient (Wildman–Crippen LogP) is 2.29. The molecule has 0 bridgehead atoms. The maximum Gasteiger partial charge on any atom is 0.287 e. The number of H-pyrrole nitrogens is 1. The summed E-state index contributed by atoms with van der Waals surface area (Å²) >= 11 is 0. The third-order valence-corrected chi connectivity index (χ3v) is 5.25. The van der Waals surface area contributed by atoms with Gasteiger partial charge in [-0.25, -0.2) is 4.98 Å². The Labute approximate surface area is 172 Å². The van der Waals surface area contributed by atoms with E-state index in [1.165, 1.54) is 37.5 Å². The Kier molecular flexibility index (Phi) is 8.23. The molecule has 29 heavy (non-hydrogen) atoms. The summed E-state index contributed by atoms with van der Waals surface area (Å²) < 4.78 is 0. The number of hydrogen-bond acceptors (Lipinski definition) is 5. The van der Waals surface area contributed by atoms with Crippen molar-refractivity contribution in [3.63, 3.8) is 0 Å². The van der Waals surface area contributed by atoms with E-state index < -0.39 is 0 Å². The van der Waals surface area contributed by atoms with Crippen LogP contribution in [0.5, 0.6) is 0 Å². The standard InChI is InChI=1S/C22H30N6O/c23-15-20-16-26-21(27-20)22(29)25-10-4-7-19(17-28-13-11-24-12-14-28)9-8-18-5-2-1-3-6-18/h4-5,7,9,16,24H,1-3,6,8,10-14,17H2,(H,25,29)(H,26,27)/b7-4-,19-9+. The second kappa shape index (κ2) is 11.3. The van der Waals surface area contributed by atoms with E-state index in [4.69, 9.17) is 5.26 Å². The molecule has 0 unspecified atom stereocenters. The number of imidazole rings is 1. The van der Waals surface area contributed by atoms with E-state index in [0.717, 1.165) is 39.1 Å². The Morgan fingerprint density at radius 2 is 2.21 bits per heavy atom. The first kappa shape index (κ1) is 21.0. The number of allylic oxidation sites excluding steroid dienone is 3. The fourth-order valence-electron chi connectivity index (χ4n) is 3.61. The molecule has 1 amide bonds. The lowest BCUT2D eigenvalue weighted by molar-refractivity contribution is 0.0948. The minimum Gasteiger partial charge on any atom is -0.346 e. The van der Waals surface area contributed by atoms with Crippen LogP contribution in [-0.2, 0) is 0 Å². The Balaban J connectivity index is 1.54. The molecule has 1 aliphatic heterocycles. The molecule has 3 rings (SSSR count). The summed E-state index contributed by atoms with van der Waals surface area (Å²) in [5.74, 6) is -0.146. The second-order valence-corrected chi connectivity index (χ2v) is 7.48. The molecule has 7 nitrogen and oxygen atoms in total. The van der Waals surface area contributed by atoms with Crippen LogP contribution in [0, 0.1) is 11.3 Å². The van der Waals surface area contributed by atoms with Crippen molar-refractivity contribution in [3.05, 3.63) is 53.2 Å². The molecule has 0 atom stereocenters. The minimum absolute atomic E-state index is 0.163. The number of aromatic amines is 1. The van der Waals surface area contributed by atoms with Gasteiger partial charge < -0.3 is 15.6 Å². The monoisotopic (exact) mass is 394 g/mol. The third-order valence-electron chi connectivity index (χ3n) is 5.25. The zero-order chi connectivity index (χ0) is 20.3. The Bertz CT molecular complexity index is 808. The second-order valence-electron chi connectivity index (χ2n) is 7.48. The number of hydrogen-bond donors (Lipinski definition) is 3. The van der Waals surface area contributed by atoms with Crippen molar-refractivity contribution in [1.82, 2.24) is 25.5 Å². The Morgan fingerprint density at radius 3 is 2.93 bits per heavy atom. The third kappa shape index (κ3) is 7.00. The van der Waals surface area contributed by atoms with Gasteiger partial charge in [-0.05, 0) is 37.7 Å². The summed E-state index contributed by atoms with van der Waals surface area (Å²) in [4.78, 5) is 21.2. The van der Waals surface area contributed by atoms with Gasteiger partial charge in [0.05, 0.1) is 0 Å². The molecule has 3 N–H and O–H groups in total. The van der Waals surface area contributed by atoms with E-state index in [9.17, 15) is 4.79 Å². The number of piperazine rings is 1. The summed E-state index contributed by atoms with van der Waals surface area (Å²) in [5, 5.41) is 15.0. The normalized spacial score (nSPS) is 18.4. The predicted molar refractivity (Wildman–Crippen MR) is 113 cm³/mol. The SMILES string of the molecule is N#Cc1c[nH]c(C(=O)NC/C=C\C(=C/CC2=CCCCC2)CN2CCNCC2)n1. The highest BCUT2D eigenvalue weighted by molar-refractivity contribution is 5.90. The van der Waals surface area contributed by atoms with Crippen LogP contribution >= 0.6 is 0 Å². The van der Waals surface area contributed by atoms with Crippen molar-refractivity contribution in [3.8, 4) is 6.07 Å². The van der Waals surface area contributed by atoms with Crippen molar-refractivity contribution < 1.29 is 4.79 Å². The molecule has 1 fully saturated rings. The lowest BCUT2D eigenvalue weighted by Crippen LogP contribution is -2.44. The van der Waals surface area contributed by atoms with E-state index in [-0.39, 0.29) is 17.4 Å². The van der Waals surface area contributed by atoms with Gasteiger partial charge in [-0.3, -0.25) is 9.69 Å². The molecule has 1 aliphatic carbocycles. The summed E-state index contributed by atoms with van der Waals surface area (Å²) in [5.41, 5.74) is 3.04. The molecule has 2 heterocycles. The molecule has 1 aromatic heterocycles. The van der Waals surface area contributed by atoms with E-state index in [1.807, 2.05) is 12.1 Å². The van der Waals surface area contributed by atoms with E-state index in [2.05, 4.69) is 43.7 Å². The quantitative estimate of drug-likeness (QED) is 0.464. The van der Waals surface area contributed by atoms with Crippen molar-refractivity contribution in [2.75, 3.05) is 39.3 Å². The first-order valence-electron chi connectivity index (χ1n) is 10.4. The highest BCUT2D eigenvalue weighted by Gasteiger charge is 2.11. The Hall–Kier alpha value is -2.69. The molecule has 154 valence electrons. The number of nitrogens with one attached hydrogen (secondary N) is 3. The number of nitriles is 1. The van der Waals surface area contributed by atoms with Gasteiger partial charge in [0.1, 0.15) is 6.07 Å². The number of rotatable bonds is 8. The number of carbonyl (C=O) groups excluding carboxylic acids is 1. The summed E-state index contributed by atoms with van der Waals surface area (Å²) in [6.45, 7) is 5.54. The largest absolute Gasteiger partial charge is 0.346 e. The van der Waals surface area contributed by atoms with E-state index in [1.54, 1.807) is 5.57 Å². The first-order valence-corrected chi connectivity index (χ1v) is 10.4. The van der Waals surface area contributed by atoms with Crippen molar-refractivity contribution >= 4 is 5.91 Å². The molecular formula is C22H30N6O. The molecule has 0 spiro atoms. The van der Waals surface area contributed by atoms with Gasteiger partial charge in [-0.1, -0.05) is 29.9 Å². The number of aromatic nitrogens is 2. The lowest BCUT2D eigenvalue weighted by Gasteiger charge is -2.27. The molecular weight excluding hydrogens is 364 g/mol. The number of nitrogens with zero attached hydrogens (tertiary/aromatic N) is 3. The summed E-state index contributed by atoms with van der Waals surface area (Å²) in [7, 11) is 0. The highest BCUT2D eigenvalue weighted by Crippen LogP contribution is 2.21. The molecule has 1 aromatic rings. The average Bonchev–Trinajstić information content (AvgIpc) is 3.25. The smallest absolute Gasteiger partial charge is 0.287 e. The number of carbonyl (C=O) groups is 1. The van der Waals surface area contributed by atoms with Crippen LogP contribution in [-0.4, -0.2) is 60.0 Å². The Morgan fingerprint density at radius 1 is 1.34 bits per heavy atom. The van der Waals surface area contributed by atoms with Crippen molar-refractivity contribution in [1.29, 1.82) is 5.26 Å². The van der Waals surface area contributed by atoms with Gasteiger partial charge in [-0.2, -0.15) is 5.26 Å². The van der Waals surface area contributed by atoms with E-state index in [0.29, 0.717) is 6.54 Å². The van der Waals surface area contributed by atoms with Crippen LogP contribution in [0.2, 0.25) is 0 Å². The number of amides is 1. The van der Waals surface area contributed by atoms with Crippen molar-refractivity contribution in [2.45, 2.75) is 32.1 Å². The van der Waals surface area contributed by atoms with Gasteiger partial charge >= 0.3 is 0 Å². The molecule has 0 aromatic carbocycles. The maximum absolute atomic E-state index is 12.1. The van der Waals surface area contributed by atoms with E-state index >= 15 is 0 Å². The molecule has 7 heteroatoms. The first-order chi connectivity index (χ1) is 14.2. The zero-order valence-corrected chi connectivity index (χ0v) is 16.9. The van der Waals surface area contributed by atoms with Crippen LogP contribution in [0.25, 0.3) is 0 Å². The lowest BCUT2D eigenvalue weighted by atomic mass is 9.96. The van der Waals surface area contributed by atoms with Crippen LogP contribution < -0.4 is 10.6 Å². The molecule has 2 aliphatic rings. The minimum atomic E-state index is -0.309. The van der Waals surface area contributed by atoms with Crippen LogP contribution in [0.3, 0.4) is 0 Å². The summed E-state index contributed by atoms with van der Waals surface area (Å²) in [6.07, 6.45) is 16.3. The van der Waals surface area contributed by atoms with Crippen LogP contribution in [0.4, 0.5) is 0 Å². The highest BCUT2D eigenvalue weighted by atomic mass is 16.2. The average molecular weight is 395 g/mol. The zero-order valence-electron chi connectivity index (χ0n) is 16.9. The van der Waals surface area contributed by atoms with Gasteiger partial charge in [0.2, 0.25) is 0 Å². The summed E-state index contributed by atoms with van der Waals surface area (Å²) in [6, 6.07) is 1.91. The molecule has 0 radical (unpaired) electrons. The van der Waals surface area contributed by atoms with Gasteiger partial charge in [0.15, 0.2) is 11.5 Å². The van der Waals surface area contributed by atoms with Gasteiger partial charge in [-0.15, -0.1) is 0 Å². The topological polar surface area (TPSA) is 96.8 Å². The molecule has 1 saturated heterocycles. The van der Waals surface area contributed by atoms with Crippen LogP contribution in [0.1, 0.15) is 48.4 Å². The maximum atomic E-state index is 12.1. The van der Waals surface area contributed by atoms with Crippen molar-refractivity contribution in [2.24, 2.45) is 0 Å².